The maximum Gasteiger partial charge on any atom is 0.144 e. The number of hydrogen-bond donors (Lipinski definition) is 0. The van der Waals surface area contributed by atoms with E-state index in [1.807, 2.05) is 18.2 Å². The topological polar surface area (TPSA) is 26.0 Å². The lowest BCUT2D eigenvalue weighted by Crippen LogP contribution is -2.10. The predicted molar refractivity (Wildman–Crippen MR) is 138 cm³/mol. The van der Waals surface area contributed by atoms with Crippen molar-refractivity contribution in [2.45, 2.75) is 46.8 Å². The SMILES string of the molecule is [2H]C([2H])([2H])c1cnc(-c2cccc3c2oc2cc4c(cc23)CCc2ccccc2-4)cc1C([2H])([2H])C(C)(C)C. The van der Waals surface area contributed by atoms with E-state index in [-0.39, 0.29) is 11.1 Å². The highest BCUT2D eigenvalue weighted by Gasteiger charge is 2.21. The van der Waals surface area contributed by atoms with Crippen LogP contribution in [0.5, 0.6) is 0 Å². The van der Waals surface area contributed by atoms with E-state index in [9.17, 15) is 0 Å². The number of pyridine rings is 1. The van der Waals surface area contributed by atoms with Crippen LogP contribution in [0.4, 0.5) is 0 Å². The fourth-order valence-electron chi connectivity index (χ4n) is 4.93. The number of fused-ring (bicyclic) bond motifs is 6. The molecule has 1 aliphatic rings. The van der Waals surface area contributed by atoms with Gasteiger partial charge in [-0.15, -0.1) is 0 Å². The van der Waals surface area contributed by atoms with Crippen LogP contribution in [0.25, 0.3) is 44.3 Å². The van der Waals surface area contributed by atoms with E-state index in [1.54, 1.807) is 26.8 Å². The quantitative estimate of drug-likeness (QED) is 0.278. The van der Waals surface area contributed by atoms with Crippen molar-refractivity contribution in [1.29, 1.82) is 0 Å². The zero-order valence-corrected chi connectivity index (χ0v) is 19.1. The van der Waals surface area contributed by atoms with Gasteiger partial charge in [-0.3, -0.25) is 4.98 Å². The second-order valence-electron chi connectivity index (χ2n) is 9.94. The minimum Gasteiger partial charge on any atom is -0.455 e. The van der Waals surface area contributed by atoms with Gasteiger partial charge in [0.05, 0.1) is 5.69 Å². The molecule has 0 spiro atoms. The van der Waals surface area contributed by atoms with Crippen LogP contribution in [-0.2, 0) is 19.2 Å². The Labute approximate surface area is 202 Å². The number of aryl methyl sites for hydroxylation is 3. The molecule has 0 bridgehead atoms. The Bertz CT molecular complexity index is 1720. The van der Waals surface area contributed by atoms with Crippen molar-refractivity contribution in [3.63, 3.8) is 0 Å². The molecule has 0 saturated carbocycles. The van der Waals surface area contributed by atoms with E-state index in [1.165, 1.54) is 28.5 Å². The van der Waals surface area contributed by atoms with Gasteiger partial charge in [0, 0.05) is 29.4 Å². The molecule has 0 atom stereocenters. The van der Waals surface area contributed by atoms with E-state index in [0.29, 0.717) is 16.8 Å². The molecule has 3 aromatic carbocycles. The number of rotatable bonds is 2. The third-order valence-electron chi connectivity index (χ3n) is 6.38. The van der Waals surface area contributed by atoms with Crippen LogP contribution >= 0.6 is 0 Å². The average molecular weight is 437 g/mol. The van der Waals surface area contributed by atoms with E-state index in [0.717, 1.165) is 29.2 Å². The van der Waals surface area contributed by atoms with E-state index < -0.39 is 18.6 Å². The second kappa shape index (κ2) is 7.31. The molecule has 5 aromatic rings. The lowest BCUT2D eigenvalue weighted by Gasteiger charge is -2.20. The van der Waals surface area contributed by atoms with Crippen molar-refractivity contribution in [2.24, 2.45) is 5.41 Å². The first-order valence-electron chi connectivity index (χ1n) is 13.9. The number of furan rings is 1. The van der Waals surface area contributed by atoms with E-state index >= 15 is 0 Å². The summed E-state index contributed by atoms with van der Waals surface area (Å²) in [5, 5.41) is 1.99. The van der Waals surface area contributed by atoms with Gasteiger partial charge in [0.15, 0.2) is 0 Å². The zero-order chi connectivity index (χ0) is 27.0. The Morgan fingerprint density at radius 2 is 1.73 bits per heavy atom. The molecule has 2 aromatic heterocycles. The van der Waals surface area contributed by atoms with E-state index in [4.69, 9.17) is 11.3 Å². The molecule has 0 unspecified atom stereocenters. The molecule has 164 valence electrons. The van der Waals surface area contributed by atoms with Gasteiger partial charge in [0.1, 0.15) is 11.2 Å². The molecule has 2 heteroatoms. The first-order valence-corrected chi connectivity index (χ1v) is 11.4. The summed E-state index contributed by atoms with van der Waals surface area (Å²) in [6, 6.07) is 20.3. The van der Waals surface area contributed by atoms with Gasteiger partial charge in [-0.25, -0.2) is 0 Å². The van der Waals surface area contributed by atoms with Gasteiger partial charge < -0.3 is 4.42 Å². The Hall–Kier alpha value is -3.39. The van der Waals surface area contributed by atoms with Crippen LogP contribution in [0.3, 0.4) is 0 Å². The minimum atomic E-state index is -2.49. The van der Waals surface area contributed by atoms with Crippen LogP contribution in [0.15, 0.2) is 71.3 Å². The van der Waals surface area contributed by atoms with Crippen molar-refractivity contribution < 1.29 is 11.3 Å². The van der Waals surface area contributed by atoms with Gasteiger partial charge in [0.2, 0.25) is 0 Å². The highest BCUT2D eigenvalue weighted by atomic mass is 16.3. The fourth-order valence-corrected chi connectivity index (χ4v) is 4.93. The number of aromatic nitrogens is 1. The van der Waals surface area contributed by atoms with Crippen LogP contribution in [0.2, 0.25) is 0 Å². The number of benzene rings is 3. The summed E-state index contributed by atoms with van der Waals surface area (Å²) in [6.45, 7) is 2.84. The normalized spacial score (nSPS) is 16.4. The van der Waals surface area contributed by atoms with Crippen LogP contribution in [-0.4, -0.2) is 4.98 Å². The van der Waals surface area contributed by atoms with Crippen molar-refractivity contribution in [1.82, 2.24) is 4.98 Å². The standard InChI is InChI=1S/C31H29NO/c1-19-18-32-28(15-22(19)17-31(2,3)4)25-11-7-10-24-27-14-21-13-12-20-8-5-6-9-23(20)26(21)16-29(27)33-30(24)25/h5-11,14-16,18H,12-13,17H2,1-4H3/i1D3,17D2. The van der Waals surface area contributed by atoms with Crippen molar-refractivity contribution in [3.8, 4) is 22.4 Å². The van der Waals surface area contributed by atoms with Gasteiger partial charge >= 0.3 is 0 Å². The molecule has 33 heavy (non-hydrogen) atoms. The third-order valence-corrected chi connectivity index (χ3v) is 6.38. The molecule has 0 fully saturated rings. The van der Waals surface area contributed by atoms with Gasteiger partial charge in [-0.05, 0) is 89.1 Å². The zero-order valence-electron chi connectivity index (χ0n) is 24.1. The highest BCUT2D eigenvalue weighted by Crippen LogP contribution is 2.41. The van der Waals surface area contributed by atoms with Gasteiger partial charge in [0.25, 0.3) is 0 Å². The number of nitrogens with zero attached hydrogens (tertiary/aromatic N) is 1. The summed E-state index contributed by atoms with van der Waals surface area (Å²) in [6.07, 6.45) is 1.38. The summed E-state index contributed by atoms with van der Waals surface area (Å²) in [5.74, 6) is 0. The van der Waals surface area contributed by atoms with Gasteiger partial charge in [-0.1, -0.05) is 57.2 Å². The average Bonchev–Trinajstić information content (AvgIpc) is 3.23. The predicted octanol–water partition coefficient (Wildman–Crippen LogP) is 8.31. The third kappa shape index (κ3) is 3.45. The molecule has 6 rings (SSSR count). The summed E-state index contributed by atoms with van der Waals surface area (Å²) >= 11 is 0. The van der Waals surface area contributed by atoms with Crippen molar-refractivity contribution in [3.05, 3.63) is 89.1 Å². The van der Waals surface area contributed by atoms with Crippen molar-refractivity contribution in [2.75, 3.05) is 0 Å². The lowest BCUT2D eigenvalue weighted by atomic mass is 9.85. The molecule has 0 saturated heterocycles. The monoisotopic (exact) mass is 436 g/mol. The first-order chi connectivity index (χ1) is 17.9. The lowest BCUT2D eigenvalue weighted by molar-refractivity contribution is 0.410. The Morgan fingerprint density at radius 3 is 2.58 bits per heavy atom. The van der Waals surface area contributed by atoms with Gasteiger partial charge in [-0.2, -0.15) is 0 Å². The molecule has 0 N–H and O–H groups in total. The first kappa shape index (κ1) is 15.4. The maximum absolute atomic E-state index is 8.87. The summed E-state index contributed by atoms with van der Waals surface area (Å²) in [4.78, 5) is 4.51. The van der Waals surface area contributed by atoms with Crippen LogP contribution < -0.4 is 0 Å². The van der Waals surface area contributed by atoms with Crippen LogP contribution in [0.1, 0.15) is 49.9 Å². The molecule has 0 aliphatic heterocycles. The second-order valence-corrected chi connectivity index (χ2v) is 9.94. The smallest absolute Gasteiger partial charge is 0.144 e. The maximum atomic E-state index is 8.87. The van der Waals surface area contributed by atoms with Crippen LogP contribution in [0, 0.1) is 12.3 Å². The highest BCUT2D eigenvalue weighted by molar-refractivity contribution is 6.10. The Kier molecular flexibility index (Phi) is 3.42. The summed E-state index contributed by atoms with van der Waals surface area (Å²) in [5.41, 5.74) is 6.96. The molecule has 2 heterocycles. The minimum absolute atomic E-state index is 0.0655. The summed E-state index contributed by atoms with van der Waals surface area (Å²) in [7, 11) is 0. The number of hydrogen-bond acceptors (Lipinski definition) is 2. The fraction of sp³-hybridized carbons (Fsp3) is 0.258. The number of para-hydroxylation sites is 1. The Morgan fingerprint density at radius 1 is 0.909 bits per heavy atom. The molecule has 0 amide bonds. The Balaban J connectivity index is 1.57. The molecule has 1 aliphatic carbocycles. The molecule has 2 nitrogen and oxygen atoms in total. The summed E-state index contributed by atoms with van der Waals surface area (Å²) < 4.78 is 48.3. The van der Waals surface area contributed by atoms with E-state index in [2.05, 4.69) is 41.4 Å². The van der Waals surface area contributed by atoms with Crippen molar-refractivity contribution >= 4 is 21.9 Å². The molecule has 0 radical (unpaired) electrons. The molecular formula is C31H29NO. The molecular weight excluding hydrogens is 402 g/mol. The largest absolute Gasteiger partial charge is 0.455 e.